The number of nitrogens with one attached hydrogen (secondary N) is 1. The van der Waals surface area contributed by atoms with Crippen molar-refractivity contribution in [3.63, 3.8) is 0 Å². The van der Waals surface area contributed by atoms with Crippen molar-refractivity contribution in [3.8, 4) is 11.9 Å². The molecule has 0 saturated heterocycles. The van der Waals surface area contributed by atoms with Gasteiger partial charge in [-0.1, -0.05) is 41.9 Å². The second-order valence-corrected chi connectivity index (χ2v) is 8.27. The van der Waals surface area contributed by atoms with E-state index in [1.807, 2.05) is 5.32 Å². The number of nitriles is 1. The number of guanidine groups is 1. The highest BCUT2D eigenvalue weighted by molar-refractivity contribution is 6.52. The van der Waals surface area contributed by atoms with Crippen LogP contribution in [0.5, 0.6) is 5.75 Å². The molecule has 0 spiro atoms. The van der Waals surface area contributed by atoms with Gasteiger partial charge in [0.05, 0.1) is 27.9 Å². The molecule has 1 amide bonds. The molecule has 0 bridgehead atoms. The van der Waals surface area contributed by atoms with Crippen LogP contribution in [0.2, 0.25) is 10.0 Å². The summed E-state index contributed by atoms with van der Waals surface area (Å²) in [7, 11) is 0. The molecule has 0 aliphatic carbocycles. The zero-order valence-electron chi connectivity index (χ0n) is 19.6. The molecule has 2 aromatic carbocycles. The maximum absolute atomic E-state index is 13.3. The number of hydrogen-bond donors (Lipinski definition) is 1. The fraction of sp³-hybridized carbons (Fsp3) is 0.174. The van der Waals surface area contributed by atoms with Crippen LogP contribution in [0.3, 0.4) is 0 Å². The maximum atomic E-state index is 13.3. The largest absolute Gasteiger partial charge is 0.573 e. The van der Waals surface area contributed by atoms with Crippen LogP contribution in [-0.2, 0) is 10.9 Å². The Morgan fingerprint density at radius 3 is 2.50 bits per heavy atom. The summed E-state index contributed by atoms with van der Waals surface area (Å²) in [6.07, 6.45) is -8.52. The number of rotatable bonds is 5. The third-order valence-corrected chi connectivity index (χ3v) is 5.43. The van der Waals surface area contributed by atoms with Gasteiger partial charge in [0.25, 0.3) is 0 Å². The molecule has 0 atom stereocenters. The van der Waals surface area contributed by atoms with Crippen LogP contribution < -0.4 is 10.1 Å². The maximum Gasteiger partial charge on any atom is 0.573 e. The summed E-state index contributed by atoms with van der Waals surface area (Å²) in [5.74, 6) is -1.72. The Hall–Kier alpha value is -4.29. The summed E-state index contributed by atoms with van der Waals surface area (Å²) >= 11 is 12.0. The number of carbonyl (C=O) groups is 1. The topological polar surface area (TPSA) is 112 Å². The third-order valence-electron chi connectivity index (χ3n) is 4.69. The molecule has 9 nitrogen and oxygen atoms in total. The fourth-order valence-corrected chi connectivity index (χ4v) is 3.39. The van der Waals surface area contributed by atoms with Gasteiger partial charge in [0.2, 0.25) is 5.96 Å². The lowest BCUT2D eigenvalue weighted by Crippen LogP contribution is -2.35. The quantitative estimate of drug-likeness (QED) is 0.104. The first-order valence-electron chi connectivity index (χ1n) is 10.6. The Morgan fingerprint density at radius 2 is 1.90 bits per heavy atom. The molecule has 2 aromatic rings. The van der Waals surface area contributed by atoms with E-state index in [-0.39, 0.29) is 33.6 Å². The molecule has 0 aromatic heterocycles. The molecule has 0 fully saturated rings. The molecular weight excluding hydrogens is 593 g/mol. The van der Waals surface area contributed by atoms with Gasteiger partial charge in [-0.15, -0.1) is 13.2 Å². The van der Waals surface area contributed by atoms with E-state index in [9.17, 15) is 36.4 Å². The van der Waals surface area contributed by atoms with Crippen LogP contribution in [0, 0.1) is 11.5 Å². The summed E-state index contributed by atoms with van der Waals surface area (Å²) in [5.41, 5.74) is -2.10. The molecule has 1 heterocycles. The number of hydrazone groups is 1. The number of alkyl halides is 6. The van der Waals surface area contributed by atoms with Crippen LogP contribution in [0.15, 0.2) is 64.1 Å². The van der Waals surface area contributed by atoms with Gasteiger partial charge in [-0.25, -0.2) is 14.8 Å². The first-order chi connectivity index (χ1) is 18.7. The molecular formula is C23H14Cl2F6N6O3. The molecule has 1 N–H and O–H groups in total. The molecule has 0 unspecified atom stereocenters. The Bertz CT molecular complexity index is 1450. The number of benzene rings is 2. The van der Waals surface area contributed by atoms with Crippen LogP contribution in [0.1, 0.15) is 11.1 Å². The van der Waals surface area contributed by atoms with Gasteiger partial charge < -0.3 is 9.47 Å². The monoisotopic (exact) mass is 606 g/mol. The first kappa shape index (κ1) is 30.3. The number of carbonyl (C=O) groups excluding carboxylic acids is 1. The Morgan fingerprint density at radius 1 is 1.18 bits per heavy atom. The highest BCUT2D eigenvalue weighted by Crippen LogP contribution is 2.38. The zero-order valence-corrected chi connectivity index (χ0v) is 21.2. The minimum atomic E-state index is -5.27. The van der Waals surface area contributed by atoms with Crippen LogP contribution >= 0.6 is 23.2 Å². The summed E-state index contributed by atoms with van der Waals surface area (Å²) in [4.78, 5) is 19.7. The average Bonchev–Trinajstić information content (AvgIpc) is 3.27. The van der Waals surface area contributed by atoms with Crippen molar-refractivity contribution in [1.82, 2.24) is 10.3 Å². The van der Waals surface area contributed by atoms with E-state index in [2.05, 4.69) is 26.4 Å². The van der Waals surface area contributed by atoms with E-state index in [4.69, 9.17) is 27.9 Å². The molecule has 40 heavy (non-hydrogen) atoms. The number of ether oxygens (including phenoxy) is 2. The minimum Gasteiger partial charge on any atom is -0.444 e. The number of amides is 1. The van der Waals surface area contributed by atoms with Crippen molar-refractivity contribution in [3.05, 3.63) is 70.2 Å². The summed E-state index contributed by atoms with van der Waals surface area (Å²) in [5, 5.41) is 16.6. The first-order valence-corrected chi connectivity index (χ1v) is 11.4. The van der Waals surface area contributed by atoms with E-state index in [1.54, 1.807) is 0 Å². The molecule has 1 aliphatic rings. The average molecular weight is 607 g/mol. The SMILES string of the molecule is C=CCOC(=O)N=C1CN(C(=Nc2cc(C(F)(F)F)ccc2OC(F)(F)F)NC#N)N=C1c1ccc(Cl)c(Cl)c1. The Balaban J connectivity index is 2.15. The summed E-state index contributed by atoms with van der Waals surface area (Å²) < 4.78 is 87.3. The van der Waals surface area contributed by atoms with E-state index < -0.39 is 48.1 Å². The highest BCUT2D eigenvalue weighted by Gasteiger charge is 2.36. The van der Waals surface area contributed by atoms with Gasteiger partial charge in [-0.05, 0) is 30.3 Å². The molecule has 0 saturated carbocycles. The smallest absolute Gasteiger partial charge is 0.444 e. The van der Waals surface area contributed by atoms with Crippen LogP contribution in [-0.4, -0.2) is 48.0 Å². The van der Waals surface area contributed by atoms with Crippen molar-refractivity contribution < 1.29 is 40.6 Å². The molecule has 0 radical (unpaired) electrons. The lowest BCUT2D eigenvalue weighted by Gasteiger charge is -2.17. The van der Waals surface area contributed by atoms with Crippen molar-refractivity contribution in [2.75, 3.05) is 13.2 Å². The van der Waals surface area contributed by atoms with Crippen molar-refractivity contribution >= 4 is 52.4 Å². The second-order valence-electron chi connectivity index (χ2n) is 7.46. The van der Waals surface area contributed by atoms with E-state index in [0.29, 0.717) is 18.2 Å². The third kappa shape index (κ3) is 7.87. The Kier molecular flexibility index (Phi) is 9.28. The van der Waals surface area contributed by atoms with Crippen LogP contribution in [0.4, 0.5) is 36.8 Å². The van der Waals surface area contributed by atoms with Crippen molar-refractivity contribution in [1.29, 1.82) is 5.26 Å². The van der Waals surface area contributed by atoms with Gasteiger partial charge in [0, 0.05) is 5.56 Å². The molecule has 3 rings (SSSR count). The molecule has 210 valence electrons. The van der Waals surface area contributed by atoms with E-state index >= 15 is 0 Å². The van der Waals surface area contributed by atoms with Crippen LogP contribution in [0.25, 0.3) is 0 Å². The van der Waals surface area contributed by atoms with Gasteiger partial charge >= 0.3 is 18.6 Å². The van der Waals surface area contributed by atoms with E-state index in [1.165, 1.54) is 30.5 Å². The number of hydrogen-bond acceptors (Lipinski definition) is 6. The number of nitrogens with zero attached hydrogens (tertiary/aromatic N) is 5. The van der Waals surface area contributed by atoms with Gasteiger partial charge in [-0.2, -0.15) is 28.5 Å². The predicted molar refractivity (Wildman–Crippen MR) is 133 cm³/mol. The number of halogens is 8. The van der Waals surface area contributed by atoms with Crippen molar-refractivity contribution in [2.24, 2.45) is 15.1 Å². The minimum absolute atomic E-state index is 0.0163. The molecule has 17 heteroatoms. The summed E-state index contributed by atoms with van der Waals surface area (Å²) in [6, 6.07) is 5.32. The Labute approximate surface area is 231 Å². The fourth-order valence-electron chi connectivity index (χ4n) is 3.09. The van der Waals surface area contributed by atoms with Gasteiger partial charge in [0.15, 0.2) is 11.9 Å². The highest BCUT2D eigenvalue weighted by atomic mass is 35.5. The zero-order chi connectivity index (χ0) is 29.7. The molecule has 1 aliphatic heterocycles. The van der Waals surface area contributed by atoms with Gasteiger partial charge in [-0.3, -0.25) is 5.32 Å². The standard InChI is InChI=1S/C23H14Cl2F6N6O3/c1-2-7-39-21(38)35-17-10-37(36-19(17)12-3-5-14(24)15(25)8-12)20(33-11-32)34-16-9-13(22(26,27)28)4-6-18(16)40-23(29,30)31/h2-6,8-9H,1,7,10H2,(H,33,34). The summed E-state index contributed by atoms with van der Waals surface area (Å²) in [6.45, 7) is 2.79. The lowest BCUT2D eigenvalue weighted by molar-refractivity contribution is -0.274. The lowest BCUT2D eigenvalue weighted by atomic mass is 10.1. The normalized spacial score (nSPS) is 15.0. The van der Waals surface area contributed by atoms with E-state index in [0.717, 1.165) is 5.01 Å². The van der Waals surface area contributed by atoms with Crippen molar-refractivity contribution in [2.45, 2.75) is 12.5 Å². The number of aliphatic imine (C=N–C) groups is 2. The predicted octanol–water partition coefficient (Wildman–Crippen LogP) is 6.45. The second kappa shape index (κ2) is 12.3. The van der Waals surface area contributed by atoms with Gasteiger partial charge in [0.1, 0.15) is 18.0 Å².